The van der Waals surface area contributed by atoms with Crippen molar-refractivity contribution in [3.8, 4) is 11.3 Å². The van der Waals surface area contributed by atoms with Gasteiger partial charge in [0.15, 0.2) is 28.2 Å². The van der Waals surface area contributed by atoms with Crippen molar-refractivity contribution in [1.29, 1.82) is 0 Å². The summed E-state index contributed by atoms with van der Waals surface area (Å²) in [6.45, 7) is 0. The van der Waals surface area contributed by atoms with Crippen LogP contribution in [-0.2, 0) is 10.0 Å². The van der Waals surface area contributed by atoms with Crippen LogP contribution in [0.15, 0.2) is 59.8 Å². The molecule has 2 aromatic heterocycles. The molecule has 0 atom stereocenters. The second-order valence-electron chi connectivity index (χ2n) is 6.14. The van der Waals surface area contributed by atoms with Crippen molar-refractivity contribution >= 4 is 21.4 Å². The Balaban J connectivity index is 1.83. The van der Waals surface area contributed by atoms with Crippen molar-refractivity contribution in [2.24, 2.45) is 0 Å². The lowest BCUT2D eigenvalue weighted by Crippen LogP contribution is -2.20. The average molecular weight is 439 g/mol. The van der Waals surface area contributed by atoms with Crippen molar-refractivity contribution in [1.82, 2.24) is 9.38 Å². The van der Waals surface area contributed by atoms with Gasteiger partial charge in [-0.25, -0.2) is 35.4 Å². The van der Waals surface area contributed by atoms with Gasteiger partial charge in [-0.3, -0.25) is 4.72 Å². The molecule has 0 saturated heterocycles. The fourth-order valence-electron chi connectivity index (χ4n) is 2.88. The van der Waals surface area contributed by atoms with E-state index < -0.39 is 44.0 Å². The number of para-hydroxylation sites is 1. The first kappa shape index (κ1) is 19.8. The maximum Gasteiger partial charge on any atom is 0.268 e. The van der Waals surface area contributed by atoms with Gasteiger partial charge in [-0.2, -0.15) is 0 Å². The molecule has 0 radical (unpaired) electrons. The van der Waals surface area contributed by atoms with Crippen LogP contribution >= 0.6 is 0 Å². The van der Waals surface area contributed by atoms with Crippen molar-refractivity contribution < 1.29 is 30.4 Å². The summed E-state index contributed by atoms with van der Waals surface area (Å²) >= 11 is 0. The van der Waals surface area contributed by atoms with Crippen LogP contribution in [0, 0.1) is 29.1 Å². The second kappa shape index (κ2) is 7.10. The molecule has 0 bridgehead atoms. The zero-order valence-corrected chi connectivity index (χ0v) is 15.5. The van der Waals surface area contributed by atoms with Gasteiger partial charge in [0.25, 0.3) is 10.0 Å². The molecule has 0 saturated carbocycles. The lowest BCUT2D eigenvalue weighted by atomic mass is 10.1. The molecule has 0 unspecified atom stereocenters. The van der Waals surface area contributed by atoms with Crippen LogP contribution in [0.25, 0.3) is 16.9 Å². The quantitative estimate of drug-likeness (QED) is 0.289. The van der Waals surface area contributed by atoms with Crippen molar-refractivity contribution in [3.05, 3.63) is 83.9 Å². The molecule has 1 N–H and O–H groups in total. The molecule has 0 spiro atoms. The number of nitrogens with one attached hydrogen (secondary N) is 1. The minimum Gasteiger partial charge on any atom is -0.306 e. The number of imidazole rings is 1. The monoisotopic (exact) mass is 439 g/mol. The molecule has 2 heterocycles. The first-order valence-electron chi connectivity index (χ1n) is 8.28. The van der Waals surface area contributed by atoms with Crippen LogP contribution in [0.4, 0.5) is 27.6 Å². The average Bonchev–Trinajstić information content (AvgIpc) is 3.15. The summed E-state index contributed by atoms with van der Waals surface area (Å²) in [6, 6.07) is 10.9. The predicted octanol–water partition coefficient (Wildman–Crippen LogP) is 4.50. The maximum atomic E-state index is 14.0. The summed E-state index contributed by atoms with van der Waals surface area (Å²) in [5.74, 6) is -12.1. The van der Waals surface area contributed by atoms with Crippen LogP contribution in [0.2, 0.25) is 0 Å². The molecule has 4 aromatic rings. The van der Waals surface area contributed by atoms with Crippen molar-refractivity contribution in [3.63, 3.8) is 0 Å². The highest BCUT2D eigenvalue weighted by Gasteiger charge is 2.34. The topological polar surface area (TPSA) is 63.5 Å². The van der Waals surface area contributed by atoms with Crippen LogP contribution in [0.5, 0.6) is 0 Å². The van der Waals surface area contributed by atoms with E-state index in [1.54, 1.807) is 41.1 Å². The number of pyridine rings is 1. The third kappa shape index (κ3) is 3.16. The van der Waals surface area contributed by atoms with E-state index in [9.17, 15) is 30.4 Å². The molecule has 0 aliphatic carbocycles. The summed E-state index contributed by atoms with van der Waals surface area (Å²) in [4.78, 5) is 2.36. The number of benzene rings is 2. The lowest BCUT2D eigenvalue weighted by Gasteiger charge is -2.13. The van der Waals surface area contributed by atoms with Gasteiger partial charge >= 0.3 is 0 Å². The molecule has 0 aliphatic heterocycles. The van der Waals surface area contributed by atoms with Crippen LogP contribution in [0.3, 0.4) is 0 Å². The fraction of sp³-hybridized carbons (Fsp3) is 0. The largest absolute Gasteiger partial charge is 0.306 e. The van der Waals surface area contributed by atoms with E-state index in [-0.39, 0.29) is 11.3 Å². The maximum absolute atomic E-state index is 14.0. The van der Waals surface area contributed by atoms with E-state index in [4.69, 9.17) is 0 Å². The highest BCUT2D eigenvalue weighted by Crippen LogP contribution is 2.32. The first-order valence-corrected chi connectivity index (χ1v) is 9.76. The Morgan fingerprint density at radius 3 is 2.07 bits per heavy atom. The molecule has 0 aliphatic rings. The molecule has 2 aromatic carbocycles. The number of sulfonamides is 1. The molecule has 0 fully saturated rings. The molecular formula is C19H10F5N3O2S. The molecule has 154 valence electrons. The summed E-state index contributed by atoms with van der Waals surface area (Å²) in [5.41, 5.74) is 0.931. The lowest BCUT2D eigenvalue weighted by molar-refractivity contribution is 0.358. The Bertz CT molecular complexity index is 1340. The highest BCUT2D eigenvalue weighted by molar-refractivity contribution is 7.92. The number of hydrogen-bond acceptors (Lipinski definition) is 3. The molecule has 30 heavy (non-hydrogen) atoms. The zero-order valence-electron chi connectivity index (χ0n) is 14.7. The van der Waals surface area contributed by atoms with E-state index in [2.05, 4.69) is 4.98 Å². The minimum atomic E-state index is -5.18. The second-order valence-corrected chi connectivity index (χ2v) is 7.76. The minimum absolute atomic E-state index is 0.162. The summed E-state index contributed by atoms with van der Waals surface area (Å²) in [6.07, 6.45) is 3.29. The Morgan fingerprint density at radius 1 is 0.800 bits per heavy atom. The van der Waals surface area contributed by atoms with Crippen molar-refractivity contribution in [2.75, 3.05) is 4.72 Å². The Kier molecular flexibility index (Phi) is 4.69. The third-order valence-electron chi connectivity index (χ3n) is 4.25. The van der Waals surface area contributed by atoms with Crippen molar-refractivity contribution in [2.45, 2.75) is 4.90 Å². The smallest absolute Gasteiger partial charge is 0.268 e. The Hall–Kier alpha value is -3.47. The van der Waals surface area contributed by atoms with Gasteiger partial charge in [-0.1, -0.05) is 24.3 Å². The zero-order chi connectivity index (χ0) is 21.6. The Labute approximate surface area is 166 Å². The Morgan fingerprint density at radius 2 is 1.40 bits per heavy atom. The first-order chi connectivity index (χ1) is 14.2. The summed E-state index contributed by atoms with van der Waals surface area (Å²) < 4.78 is 96.8. The van der Waals surface area contributed by atoms with E-state index in [1.165, 1.54) is 18.2 Å². The number of halogens is 5. The molecule has 5 nitrogen and oxygen atoms in total. The SMILES string of the molecule is O=S(=O)(Nc1ccccc1-c1cn2ccccc2n1)c1c(F)c(F)c(F)c(F)c1F. The highest BCUT2D eigenvalue weighted by atomic mass is 32.2. The van der Waals surface area contributed by atoms with Gasteiger partial charge in [0.05, 0.1) is 11.4 Å². The van der Waals surface area contributed by atoms with E-state index in [1.807, 2.05) is 4.72 Å². The number of hydrogen-bond donors (Lipinski definition) is 1. The van der Waals surface area contributed by atoms with Gasteiger partial charge in [0, 0.05) is 18.0 Å². The van der Waals surface area contributed by atoms with E-state index in [0.29, 0.717) is 11.3 Å². The number of rotatable bonds is 4. The van der Waals surface area contributed by atoms with E-state index in [0.717, 1.165) is 0 Å². The molecule has 4 rings (SSSR count). The van der Waals surface area contributed by atoms with Gasteiger partial charge in [-0.15, -0.1) is 0 Å². The van der Waals surface area contributed by atoms with E-state index >= 15 is 0 Å². The molecular weight excluding hydrogens is 429 g/mol. The number of nitrogens with zero attached hydrogens (tertiary/aromatic N) is 2. The molecule has 11 heteroatoms. The van der Waals surface area contributed by atoms with Gasteiger partial charge in [0.2, 0.25) is 5.82 Å². The van der Waals surface area contributed by atoms with Gasteiger partial charge < -0.3 is 4.40 Å². The van der Waals surface area contributed by atoms with Gasteiger partial charge in [0.1, 0.15) is 5.65 Å². The number of fused-ring (bicyclic) bond motifs is 1. The van der Waals surface area contributed by atoms with Crippen LogP contribution in [-0.4, -0.2) is 17.8 Å². The fourth-order valence-corrected chi connectivity index (χ4v) is 4.10. The number of aromatic nitrogens is 2. The van der Waals surface area contributed by atoms with Crippen LogP contribution in [0.1, 0.15) is 0 Å². The summed E-state index contributed by atoms with van der Waals surface area (Å²) in [7, 11) is -5.18. The molecule has 0 amide bonds. The van der Waals surface area contributed by atoms with Crippen LogP contribution < -0.4 is 4.72 Å². The standard InChI is InChI=1S/C19H10F5N3O2S/c20-14-15(21)17(23)19(18(24)16(14)22)30(28,29)26-11-6-2-1-5-10(11)12-9-27-8-4-3-7-13(27)25-12/h1-9,26H. The normalized spacial score (nSPS) is 11.8. The predicted molar refractivity (Wildman–Crippen MR) is 97.7 cm³/mol. The summed E-state index contributed by atoms with van der Waals surface area (Å²) in [5, 5.41) is 0. The van der Waals surface area contributed by atoms with Gasteiger partial charge in [-0.05, 0) is 18.2 Å². The third-order valence-corrected chi connectivity index (χ3v) is 5.63. The number of anilines is 1.